The molecule has 0 aliphatic carbocycles. The van der Waals surface area contributed by atoms with Gasteiger partial charge in [-0.2, -0.15) is 0 Å². The van der Waals surface area contributed by atoms with Gasteiger partial charge in [-0.25, -0.2) is 0 Å². The van der Waals surface area contributed by atoms with Crippen LogP contribution in [0.2, 0.25) is 0 Å². The summed E-state index contributed by atoms with van der Waals surface area (Å²) in [5.41, 5.74) is 0.624. The lowest BCUT2D eigenvalue weighted by molar-refractivity contribution is 0.297. The van der Waals surface area contributed by atoms with Crippen LogP contribution in [0.3, 0.4) is 0 Å². The van der Waals surface area contributed by atoms with Gasteiger partial charge in [0.25, 0.3) is 0 Å². The van der Waals surface area contributed by atoms with Crippen LogP contribution in [0, 0.1) is 0 Å². The second kappa shape index (κ2) is 5.10. The van der Waals surface area contributed by atoms with Crippen molar-refractivity contribution in [2.45, 2.75) is 6.61 Å². The van der Waals surface area contributed by atoms with E-state index in [9.17, 15) is 5.11 Å². The summed E-state index contributed by atoms with van der Waals surface area (Å²) >= 11 is 3.37. The second-order valence-electron chi connectivity index (χ2n) is 3.53. The summed E-state index contributed by atoms with van der Waals surface area (Å²) in [5, 5.41) is 18.7. The fraction of sp³-hybridized carbons (Fsp3) is 0.0769. The van der Waals surface area contributed by atoms with E-state index < -0.39 is 0 Å². The van der Waals surface area contributed by atoms with Gasteiger partial charge in [-0.3, -0.25) is 0 Å². The fourth-order valence-corrected chi connectivity index (χ4v) is 1.79. The Bertz CT molecular complexity index is 526. The van der Waals surface area contributed by atoms with Crippen LogP contribution >= 0.6 is 15.9 Å². The Labute approximate surface area is 107 Å². The van der Waals surface area contributed by atoms with E-state index in [1.165, 1.54) is 12.1 Å². The van der Waals surface area contributed by atoms with E-state index in [4.69, 9.17) is 9.84 Å². The molecule has 4 heteroatoms. The van der Waals surface area contributed by atoms with Gasteiger partial charge >= 0.3 is 0 Å². The van der Waals surface area contributed by atoms with Crippen molar-refractivity contribution < 1.29 is 14.9 Å². The van der Waals surface area contributed by atoms with E-state index in [1.807, 2.05) is 24.3 Å². The van der Waals surface area contributed by atoms with Crippen LogP contribution in [0.1, 0.15) is 5.56 Å². The first kappa shape index (κ1) is 11.8. The Kier molecular flexibility index (Phi) is 3.54. The minimum Gasteiger partial charge on any atom is -0.508 e. The Morgan fingerprint density at radius 3 is 2.53 bits per heavy atom. The van der Waals surface area contributed by atoms with E-state index >= 15 is 0 Å². The standard InChI is InChI=1S/C13H11BrO3/c14-11-3-1-2-4-13(11)17-8-9-5-6-10(15)7-12(9)16/h1-7,15-16H,8H2. The predicted octanol–water partition coefficient (Wildman–Crippen LogP) is 3.44. The fourth-order valence-electron chi connectivity index (χ4n) is 1.39. The molecule has 0 bridgehead atoms. The number of aromatic hydroxyl groups is 2. The maximum atomic E-state index is 9.59. The van der Waals surface area contributed by atoms with E-state index in [2.05, 4.69) is 15.9 Å². The molecule has 0 spiro atoms. The lowest BCUT2D eigenvalue weighted by Crippen LogP contribution is -1.96. The molecule has 2 aromatic rings. The van der Waals surface area contributed by atoms with Crippen molar-refractivity contribution in [3.05, 3.63) is 52.5 Å². The molecule has 0 atom stereocenters. The Hall–Kier alpha value is -1.68. The molecule has 0 aromatic heterocycles. The molecule has 0 saturated heterocycles. The van der Waals surface area contributed by atoms with Gasteiger partial charge in [0.15, 0.2) is 0 Å². The molecule has 2 N–H and O–H groups in total. The van der Waals surface area contributed by atoms with Crippen LogP contribution < -0.4 is 4.74 Å². The van der Waals surface area contributed by atoms with Crippen LogP contribution in [-0.4, -0.2) is 10.2 Å². The summed E-state index contributed by atoms with van der Waals surface area (Å²) in [6, 6.07) is 11.9. The van der Waals surface area contributed by atoms with Crippen LogP contribution in [-0.2, 0) is 6.61 Å². The number of para-hydroxylation sites is 1. The zero-order valence-corrected chi connectivity index (χ0v) is 10.5. The molecule has 0 unspecified atom stereocenters. The van der Waals surface area contributed by atoms with Crippen molar-refractivity contribution in [1.82, 2.24) is 0 Å². The van der Waals surface area contributed by atoms with E-state index in [-0.39, 0.29) is 18.1 Å². The number of phenolic OH excluding ortho intramolecular Hbond substituents is 2. The van der Waals surface area contributed by atoms with E-state index in [0.29, 0.717) is 11.3 Å². The number of ether oxygens (including phenoxy) is 1. The Morgan fingerprint density at radius 1 is 1.06 bits per heavy atom. The number of hydrogen-bond acceptors (Lipinski definition) is 3. The predicted molar refractivity (Wildman–Crippen MR) is 68.2 cm³/mol. The summed E-state index contributed by atoms with van der Waals surface area (Å²) in [4.78, 5) is 0. The minimum atomic E-state index is 0.0250. The average molecular weight is 295 g/mol. The monoisotopic (exact) mass is 294 g/mol. The highest BCUT2D eigenvalue weighted by molar-refractivity contribution is 9.10. The van der Waals surface area contributed by atoms with Crippen molar-refractivity contribution in [2.24, 2.45) is 0 Å². The summed E-state index contributed by atoms with van der Waals surface area (Å²) in [6.45, 7) is 0.245. The third-order valence-corrected chi connectivity index (χ3v) is 2.94. The number of hydrogen-bond donors (Lipinski definition) is 2. The molecule has 3 nitrogen and oxygen atoms in total. The van der Waals surface area contributed by atoms with E-state index in [1.54, 1.807) is 6.07 Å². The van der Waals surface area contributed by atoms with Crippen LogP contribution in [0.15, 0.2) is 46.9 Å². The third kappa shape index (κ3) is 2.91. The SMILES string of the molecule is Oc1ccc(COc2ccccc2Br)c(O)c1. The van der Waals surface area contributed by atoms with Crippen LogP contribution in [0.25, 0.3) is 0 Å². The van der Waals surface area contributed by atoms with E-state index in [0.717, 1.165) is 4.47 Å². The highest BCUT2D eigenvalue weighted by atomic mass is 79.9. The van der Waals surface area contributed by atoms with Gasteiger partial charge in [-0.15, -0.1) is 0 Å². The zero-order chi connectivity index (χ0) is 12.3. The van der Waals surface area contributed by atoms with Crippen molar-refractivity contribution in [3.63, 3.8) is 0 Å². The van der Waals surface area contributed by atoms with Crippen molar-refractivity contribution in [3.8, 4) is 17.2 Å². The third-order valence-electron chi connectivity index (χ3n) is 2.29. The molecule has 0 heterocycles. The normalized spacial score (nSPS) is 10.2. The maximum Gasteiger partial charge on any atom is 0.133 e. The molecule has 0 radical (unpaired) electrons. The minimum absolute atomic E-state index is 0.0250. The highest BCUT2D eigenvalue weighted by Crippen LogP contribution is 2.27. The average Bonchev–Trinajstić information content (AvgIpc) is 2.30. The zero-order valence-electron chi connectivity index (χ0n) is 8.93. The van der Waals surface area contributed by atoms with Gasteiger partial charge in [0, 0.05) is 11.6 Å². The smallest absolute Gasteiger partial charge is 0.133 e. The first-order valence-corrected chi connectivity index (χ1v) is 5.84. The Balaban J connectivity index is 2.10. The molecule has 88 valence electrons. The first-order chi connectivity index (χ1) is 8.16. The lowest BCUT2D eigenvalue weighted by Gasteiger charge is -2.09. The molecule has 0 saturated carbocycles. The number of halogens is 1. The molecule has 0 fully saturated rings. The summed E-state index contributed by atoms with van der Waals surface area (Å²) in [5.74, 6) is 0.768. The molecule has 0 aliphatic rings. The topological polar surface area (TPSA) is 49.7 Å². The maximum absolute atomic E-state index is 9.59. The summed E-state index contributed by atoms with van der Waals surface area (Å²) in [6.07, 6.45) is 0. The second-order valence-corrected chi connectivity index (χ2v) is 4.39. The van der Waals surface area contributed by atoms with Crippen LogP contribution in [0.5, 0.6) is 17.2 Å². The van der Waals surface area contributed by atoms with Gasteiger partial charge in [-0.1, -0.05) is 12.1 Å². The summed E-state index contributed by atoms with van der Waals surface area (Å²) < 4.78 is 6.41. The lowest BCUT2D eigenvalue weighted by atomic mass is 10.2. The molecule has 17 heavy (non-hydrogen) atoms. The van der Waals surface area contributed by atoms with Crippen molar-refractivity contribution >= 4 is 15.9 Å². The molecule has 0 amide bonds. The van der Waals surface area contributed by atoms with Gasteiger partial charge in [0.2, 0.25) is 0 Å². The number of rotatable bonds is 3. The number of phenols is 2. The van der Waals surface area contributed by atoms with Gasteiger partial charge in [-0.05, 0) is 40.2 Å². The molecule has 0 aliphatic heterocycles. The van der Waals surface area contributed by atoms with Crippen LogP contribution in [0.4, 0.5) is 0 Å². The van der Waals surface area contributed by atoms with Gasteiger partial charge in [0.1, 0.15) is 23.9 Å². The van der Waals surface area contributed by atoms with Gasteiger partial charge < -0.3 is 14.9 Å². The van der Waals surface area contributed by atoms with Crippen molar-refractivity contribution in [2.75, 3.05) is 0 Å². The molecular weight excluding hydrogens is 284 g/mol. The largest absolute Gasteiger partial charge is 0.508 e. The molecule has 2 rings (SSSR count). The Morgan fingerprint density at radius 2 is 1.82 bits per heavy atom. The molecule has 2 aromatic carbocycles. The van der Waals surface area contributed by atoms with Crippen molar-refractivity contribution in [1.29, 1.82) is 0 Å². The first-order valence-electron chi connectivity index (χ1n) is 5.05. The quantitative estimate of drug-likeness (QED) is 0.912. The highest BCUT2D eigenvalue weighted by Gasteiger charge is 2.04. The molecular formula is C13H11BrO3. The summed E-state index contributed by atoms with van der Waals surface area (Å²) in [7, 11) is 0. The van der Waals surface area contributed by atoms with Gasteiger partial charge in [0.05, 0.1) is 4.47 Å². The number of benzene rings is 2.